The maximum absolute atomic E-state index is 4.58. The molecule has 0 N–H and O–H groups in total. The molecule has 0 saturated heterocycles. The van der Waals surface area contributed by atoms with Crippen molar-refractivity contribution in [2.45, 2.75) is 26.2 Å². The van der Waals surface area contributed by atoms with Crippen molar-refractivity contribution in [2.75, 3.05) is 6.54 Å². The van der Waals surface area contributed by atoms with Crippen LogP contribution in [-0.4, -0.2) is 23.5 Å². The molecule has 0 aliphatic carbocycles. The van der Waals surface area contributed by atoms with E-state index in [1.54, 1.807) is 12.4 Å². The van der Waals surface area contributed by atoms with E-state index in [-0.39, 0.29) is 0 Å². The third kappa shape index (κ3) is 3.63. The van der Waals surface area contributed by atoms with Crippen LogP contribution in [0.2, 0.25) is 0 Å². The minimum atomic E-state index is 0.843. The van der Waals surface area contributed by atoms with E-state index in [0.29, 0.717) is 0 Å². The molecule has 1 aromatic rings. The molecule has 1 aliphatic rings. The first-order valence-electron chi connectivity index (χ1n) is 5.97. The van der Waals surface area contributed by atoms with Gasteiger partial charge in [-0.1, -0.05) is 0 Å². The Kier molecular flexibility index (Phi) is 4.19. The summed E-state index contributed by atoms with van der Waals surface area (Å²) >= 11 is 0. The number of hydrogen-bond donors (Lipinski definition) is 0. The normalized spacial score (nSPS) is 15.8. The summed E-state index contributed by atoms with van der Waals surface area (Å²) in [6.45, 7) is 2.89. The Bertz CT molecular complexity index is 444. The lowest BCUT2D eigenvalue weighted by atomic mass is 10.1. The monoisotopic (exact) mass is 227 g/mol. The molecule has 0 bridgehead atoms. The van der Waals surface area contributed by atoms with E-state index in [1.807, 2.05) is 31.5 Å². The van der Waals surface area contributed by atoms with Gasteiger partial charge in [0.15, 0.2) is 0 Å². The summed E-state index contributed by atoms with van der Waals surface area (Å²) in [5, 5.41) is 0. The summed E-state index contributed by atoms with van der Waals surface area (Å²) in [7, 11) is 0. The Hall–Kier alpha value is -1.77. The van der Waals surface area contributed by atoms with Gasteiger partial charge in [0.05, 0.1) is 0 Å². The number of rotatable bonds is 4. The van der Waals surface area contributed by atoms with Gasteiger partial charge in [0.1, 0.15) is 0 Å². The van der Waals surface area contributed by atoms with Crippen LogP contribution in [0.4, 0.5) is 0 Å². The topological polar surface area (TPSA) is 37.6 Å². The number of pyridine rings is 1. The first-order valence-corrected chi connectivity index (χ1v) is 5.97. The van der Waals surface area contributed by atoms with E-state index in [1.165, 1.54) is 5.57 Å². The van der Waals surface area contributed by atoms with Crippen molar-refractivity contribution < 1.29 is 0 Å². The lowest BCUT2D eigenvalue weighted by Crippen LogP contribution is -1.98. The molecule has 1 aromatic heterocycles. The molecule has 0 spiro atoms. The van der Waals surface area contributed by atoms with Gasteiger partial charge in [-0.2, -0.15) is 0 Å². The van der Waals surface area contributed by atoms with E-state index >= 15 is 0 Å². The minimum Gasteiger partial charge on any atom is -0.289 e. The van der Waals surface area contributed by atoms with Gasteiger partial charge in [-0.3, -0.25) is 15.0 Å². The van der Waals surface area contributed by atoms with Crippen LogP contribution in [0.15, 0.2) is 46.3 Å². The molecule has 0 radical (unpaired) electrons. The van der Waals surface area contributed by atoms with Gasteiger partial charge >= 0.3 is 0 Å². The molecule has 0 fully saturated rings. The zero-order valence-corrected chi connectivity index (χ0v) is 10.1. The standard InChI is InChI=1S/C14H17N3/c1-12(14-5-8-15-9-6-14)17-10-4-13-3-2-7-16-11-13/h5-9,11H,2-4,10H2,1H3. The van der Waals surface area contributed by atoms with Gasteiger partial charge in [0, 0.05) is 37.1 Å². The van der Waals surface area contributed by atoms with E-state index in [4.69, 9.17) is 0 Å². The fourth-order valence-electron chi connectivity index (χ4n) is 1.79. The largest absolute Gasteiger partial charge is 0.289 e. The van der Waals surface area contributed by atoms with Gasteiger partial charge < -0.3 is 0 Å². The Labute approximate surface area is 102 Å². The second kappa shape index (κ2) is 6.09. The number of hydrogen-bond acceptors (Lipinski definition) is 3. The molecule has 0 saturated carbocycles. The summed E-state index contributed by atoms with van der Waals surface area (Å²) in [5.41, 5.74) is 3.63. The van der Waals surface area contributed by atoms with E-state index in [2.05, 4.69) is 15.0 Å². The van der Waals surface area contributed by atoms with Gasteiger partial charge in [-0.25, -0.2) is 0 Å². The van der Waals surface area contributed by atoms with Gasteiger partial charge in [-0.15, -0.1) is 0 Å². The predicted octanol–water partition coefficient (Wildman–Crippen LogP) is 3.03. The molecular weight excluding hydrogens is 210 g/mol. The zero-order chi connectivity index (χ0) is 11.9. The van der Waals surface area contributed by atoms with Crippen LogP contribution >= 0.6 is 0 Å². The highest BCUT2D eigenvalue weighted by Gasteiger charge is 2.00. The summed E-state index contributed by atoms with van der Waals surface area (Å²) in [5.74, 6) is 0. The van der Waals surface area contributed by atoms with Crippen molar-refractivity contribution in [1.82, 2.24) is 4.98 Å². The van der Waals surface area contributed by atoms with Crippen molar-refractivity contribution in [3.63, 3.8) is 0 Å². The van der Waals surface area contributed by atoms with Gasteiger partial charge in [-0.05, 0) is 49.5 Å². The number of nitrogens with zero attached hydrogens (tertiary/aromatic N) is 3. The van der Waals surface area contributed by atoms with Crippen molar-refractivity contribution in [3.8, 4) is 0 Å². The molecular formula is C14H17N3. The van der Waals surface area contributed by atoms with Crippen molar-refractivity contribution in [3.05, 3.63) is 41.9 Å². The molecule has 2 heterocycles. The summed E-state index contributed by atoms with van der Waals surface area (Å²) in [6, 6.07) is 3.98. The highest BCUT2D eigenvalue weighted by molar-refractivity contribution is 5.98. The number of aliphatic imine (C=N–C) groups is 2. The lowest BCUT2D eigenvalue weighted by molar-refractivity contribution is 0.858. The summed E-state index contributed by atoms with van der Waals surface area (Å²) < 4.78 is 0. The van der Waals surface area contributed by atoms with Crippen LogP contribution in [0.25, 0.3) is 0 Å². The molecule has 3 nitrogen and oxygen atoms in total. The maximum atomic E-state index is 4.58. The molecule has 0 amide bonds. The Morgan fingerprint density at radius 3 is 2.88 bits per heavy atom. The molecule has 3 heteroatoms. The first kappa shape index (κ1) is 11.7. The summed E-state index contributed by atoms with van der Waals surface area (Å²) in [6.07, 6.45) is 10.8. The van der Waals surface area contributed by atoms with Gasteiger partial charge in [0.25, 0.3) is 0 Å². The van der Waals surface area contributed by atoms with E-state index < -0.39 is 0 Å². The highest BCUT2D eigenvalue weighted by Crippen LogP contribution is 2.13. The third-order valence-corrected chi connectivity index (χ3v) is 2.84. The van der Waals surface area contributed by atoms with Crippen LogP contribution in [0.3, 0.4) is 0 Å². The average molecular weight is 227 g/mol. The van der Waals surface area contributed by atoms with Crippen molar-refractivity contribution in [1.29, 1.82) is 0 Å². The quantitative estimate of drug-likeness (QED) is 0.728. The SMILES string of the molecule is CC(=NCCC1=CN=CCC1)c1ccncc1. The van der Waals surface area contributed by atoms with Gasteiger partial charge in [0.2, 0.25) is 0 Å². The smallest absolute Gasteiger partial charge is 0.0430 e. The first-order chi connectivity index (χ1) is 8.36. The molecule has 1 aliphatic heterocycles. The highest BCUT2D eigenvalue weighted by atomic mass is 14.7. The Morgan fingerprint density at radius 1 is 1.35 bits per heavy atom. The fraction of sp³-hybridized carbons (Fsp3) is 0.357. The lowest BCUT2D eigenvalue weighted by Gasteiger charge is -2.06. The molecule has 0 atom stereocenters. The zero-order valence-electron chi connectivity index (χ0n) is 10.1. The average Bonchev–Trinajstić information content (AvgIpc) is 2.41. The van der Waals surface area contributed by atoms with Crippen LogP contribution in [0.5, 0.6) is 0 Å². The van der Waals surface area contributed by atoms with Crippen molar-refractivity contribution in [2.24, 2.45) is 9.98 Å². The van der Waals surface area contributed by atoms with E-state index in [0.717, 1.165) is 37.1 Å². The van der Waals surface area contributed by atoms with Crippen LogP contribution in [0, 0.1) is 0 Å². The van der Waals surface area contributed by atoms with Crippen molar-refractivity contribution >= 4 is 11.9 Å². The molecule has 0 unspecified atom stereocenters. The minimum absolute atomic E-state index is 0.843. The fourth-order valence-corrected chi connectivity index (χ4v) is 1.79. The number of aromatic nitrogens is 1. The Balaban J connectivity index is 1.88. The van der Waals surface area contributed by atoms with Crippen LogP contribution in [-0.2, 0) is 0 Å². The predicted molar refractivity (Wildman–Crippen MR) is 71.7 cm³/mol. The van der Waals surface area contributed by atoms with Crippen LogP contribution < -0.4 is 0 Å². The molecule has 17 heavy (non-hydrogen) atoms. The second-order valence-corrected chi connectivity index (χ2v) is 4.11. The second-order valence-electron chi connectivity index (χ2n) is 4.11. The van der Waals surface area contributed by atoms with Crippen LogP contribution in [0.1, 0.15) is 31.7 Å². The van der Waals surface area contributed by atoms with E-state index in [9.17, 15) is 0 Å². The molecule has 88 valence electrons. The maximum Gasteiger partial charge on any atom is 0.0430 e. The molecule has 2 rings (SSSR count). The third-order valence-electron chi connectivity index (χ3n) is 2.84. The Morgan fingerprint density at radius 2 is 2.18 bits per heavy atom. The summed E-state index contributed by atoms with van der Waals surface area (Å²) in [4.78, 5) is 12.8. The molecule has 0 aromatic carbocycles.